The van der Waals surface area contributed by atoms with Crippen molar-refractivity contribution in [2.45, 2.75) is 26.9 Å². The summed E-state index contributed by atoms with van der Waals surface area (Å²) in [6, 6.07) is 1.76. The molecule has 0 spiro atoms. The number of halogens is 1. The van der Waals surface area contributed by atoms with E-state index in [2.05, 4.69) is 35.9 Å². The molecule has 0 saturated carbocycles. The first kappa shape index (κ1) is 14.9. The van der Waals surface area contributed by atoms with E-state index >= 15 is 0 Å². The monoisotopic (exact) mass is 322 g/mol. The van der Waals surface area contributed by atoms with Gasteiger partial charge in [0.25, 0.3) is 13.1 Å². The third-order valence-corrected chi connectivity index (χ3v) is 3.02. The Hall–Kier alpha value is -2.12. The molecule has 98 valence electrons. The van der Waals surface area contributed by atoms with Crippen LogP contribution >= 0.6 is 15.9 Å². The minimum atomic E-state index is 0.276. The van der Waals surface area contributed by atoms with Crippen LogP contribution in [0.25, 0.3) is 9.69 Å². The van der Waals surface area contributed by atoms with E-state index < -0.39 is 0 Å². The molecule has 0 bridgehead atoms. The van der Waals surface area contributed by atoms with Gasteiger partial charge < -0.3 is 18.7 Å². The van der Waals surface area contributed by atoms with Crippen molar-refractivity contribution in [1.82, 2.24) is 10.3 Å². The van der Waals surface area contributed by atoms with Crippen molar-refractivity contribution in [3.63, 3.8) is 0 Å². The molecule has 0 amide bonds. The summed E-state index contributed by atoms with van der Waals surface area (Å²) in [5, 5.41) is 7.29. The molecule has 0 N–H and O–H groups in total. The van der Waals surface area contributed by atoms with Gasteiger partial charge >= 0.3 is 0 Å². The van der Waals surface area contributed by atoms with Crippen LogP contribution in [0.15, 0.2) is 19.6 Å². The molecule has 2 aromatic heterocycles. The van der Waals surface area contributed by atoms with Crippen LogP contribution in [0.5, 0.6) is 0 Å². The first-order valence-electron chi connectivity index (χ1n) is 5.27. The maximum Gasteiger partial charge on any atom is 0.260 e. The Morgan fingerprint density at radius 3 is 2.26 bits per heavy atom. The van der Waals surface area contributed by atoms with Crippen LogP contribution in [0.1, 0.15) is 22.9 Å². The van der Waals surface area contributed by atoms with Gasteiger partial charge in [0, 0.05) is 6.07 Å². The Bertz CT molecular complexity index is 618. The summed E-state index contributed by atoms with van der Waals surface area (Å²) in [6.45, 7) is 17.3. The van der Waals surface area contributed by atoms with Crippen LogP contribution in [0.2, 0.25) is 0 Å². The maximum absolute atomic E-state index is 6.57. The molecule has 0 saturated heterocycles. The second-order valence-electron chi connectivity index (χ2n) is 3.56. The van der Waals surface area contributed by atoms with Gasteiger partial charge in [-0.3, -0.25) is 0 Å². The van der Waals surface area contributed by atoms with Gasteiger partial charge in [-0.05, 0) is 29.8 Å². The molecule has 7 heteroatoms. The highest BCUT2D eigenvalue weighted by atomic mass is 79.9. The van der Waals surface area contributed by atoms with Crippen LogP contribution < -0.4 is 0 Å². The molecular weight excluding hydrogens is 312 g/mol. The lowest BCUT2D eigenvalue weighted by Gasteiger charge is -1.80. The molecule has 0 atom stereocenters. The van der Waals surface area contributed by atoms with Gasteiger partial charge in [0.1, 0.15) is 11.5 Å². The third-order valence-electron chi connectivity index (χ3n) is 2.00. The van der Waals surface area contributed by atoms with Crippen molar-refractivity contribution in [2.75, 3.05) is 0 Å². The fraction of sp³-hybridized carbons (Fsp3) is 0.333. The molecule has 0 aliphatic heterocycles. The van der Waals surface area contributed by atoms with Crippen LogP contribution in [0.3, 0.4) is 0 Å². The molecule has 2 aromatic rings. The Morgan fingerprint density at radius 2 is 1.84 bits per heavy atom. The van der Waals surface area contributed by atoms with Gasteiger partial charge in [-0.2, -0.15) is 0 Å². The zero-order valence-corrected chi connectivity index (χ0v) is 12.1. The number of rotatable bonds is 2. The highest BCUT2D eigenvalue weighted by molar-refractivity contribution is 9.10. The molecule has 2 heterocycles. The Labute approximate surface area is 119 Å². The van der Waals surface area contributed by atoms with Crippen molar-refractivity contribution in [3.8, 4) is 0 Å². The number of aryl methyl sites for hydroxylation is 2. The molecule has 0 unspecified atom stereocenters. The van der Waals surface area contributed by atoms with E-state index in [1.165, 1.54) is 0 Å². The van der Waals surface area contributed by atoms with Gasteiger partial charge in [-0.25, -0.2) is 13.1 Å². The SMILES string of the molecule is [C-]#[N+]Cc1cc(C)on1.[C-]#[N+]Cc1noc(C)c1Br. The summed E-state index contributed by atoms with van der Waals surface area (Å²) in [5.74, 6) is 1.48. The quantitative estimate of drug-likeness (QED) is 0.793. The molecule has 0 aliphatic carbocycles. The second-order valence-corrected chi connectivity index (χ2v) is 4.35. The molecule has 0 radical (unpaired) electrons. The number of hydrogen-bond acceptors (Lipinski definition) is 4. The fourth-order valence-corrected chi connectivity index (χ4v) is 1.42. The Morgan fingerprint density at radius 1 is 1.16 bits per heavy atom. The van der Waals surface area contributed by atoms with Crippen LogP contribution in [-0.4, -0.2) is 10.3 Å². The maximum atomic E-state index is 6.57. The first-order chi connectivity index (χ1) is 9.08. The second kappa shape index (κ2) is 7.34. The topological polar surface area (TPSA) is 60.8 Å². The molecule has 2 rings (SSSR count). The van der Waals surface area contributed by atoms with Crippen molar-refractivity contribution in [2.24, 2.45) is 0 Å². The summed E-state index contributed by atoms with van der Waals surface area (Å²) in [4.78, 5) is 6.32. The van der Waals surface area contributed by atoms with Crippen molar-refractivity contribution in [3.05, 3.63) is 56.3 Å². The van der Waals surface area contributed by atoms with Crippen molar-refractivity contribution in [1.29, 1.82) is 0 Å². The lowest BCUT2D eigenvalue weighted by atomic mass is 10.4. The number of nitrogens with zero attached hydrogens (tertiary/aromatic N) is 4. The lowest BCUT2D eigenvalue weighted by Crippen LogP contribution is -1.77. The van der Waals surface area contributed by atoms with Crippen molar-refractivity contribution >= 4 is 15.9 Å². The van der Waals surface area contributed by atoms with Crippen LogP contribution in [-0.2, 0) is 13.1 Å². The summed E-state index contributed by atoms with van der Waals surface area (Å²) < 4.78 is 10.3. The van der Waals surface area contributed by atoms with Gasteiger partial charge in [0.2, 0.25) is 0 Å². The Balaban J connectivity index is 0.000000191. The van der Waals surface area contributed by atoms with E-state index in [1.54, 1.807) is 19.9 Å². The number of hydrogen-bond donors (Lipinski definition) is 0. The standard InChI is InChI=1S/C6H5BrN2O.C6H6N2O/c1-4-6(7)5(3-8-2)9-10-4;1-5-3-6(4-7-2)8-9-5/h3H2,1H3;3H,4H2,1H3. The third kappa shape index (κ3) is 4.57. The van der Waals surface area contributed by atoms with E-state index in [9.17, 15) is 0 Å². The highest BCUT2D eigenvalue weighted by Gasteiger charge is 2.10. The smallest absolute Gasteiger partial charge is 0.260 e. The summed E-state index contributed by atoms with van der Waals surface area (Å²) in [7, 11) is 0. The lowest BCUT2D eigenvalue weighted by molar-refractivity contribution is 0.391. The van der Waals surface area contributed by atoms with E-state index in [4.69, 9.17) is 22.2 Å². The van der Waals surface area contributed by atoms with Crippen LogP contribution in [0.4, 0.5) is 0 Å². The summed E-state index contributed by atoms with van der Waals surface area (Å²) >= 11 is 3.25. The summed E-state index contributed by atoms with van der Waals surface area (Å²) in [5.41, 5.74) is 1.38. The fourth-order valence-electron chi connectivity index (χ4n) is 1.15. The molecule has 0 aromatic carbocycles. The first-order valence-corrected chi connectivity index (χ1v) is 6.07. The van der Waals surface area contributed by atoms with E-state index in [0.717, 1.165) is 16.0 Å². The van der Waals surface area contributed by atoms with E-state index in [0.29, 0.717) is 17.9 Å². The number of aromatic nitrogens is 2. The average Bonchev–Trinajstić information content (AvgIpc) is 2.92. The Kier molecular flexibility index (Phi) is 5.77. The van der Waals surface area contributed by atoms with Gasteiger partial charge in [0.15, 0.2) is 11.4 Å². The van der Waals surface area contributed by atoms with E-state index in [-0.39, 0.29) is 6.54 Å². The van der Waals surface area contributed by atoms with Crippen molar-refractivity contribution < 1.29 is 9.05 Å². The molecule has 0 aliphatic rings. The molecule has 0 fully saturated rings. The highest BCUT2D eigenvalue weighted by Crippen LogP contribution is 2.20. The average molecular weight is 323 g/mol. The zero-order chi connectivity index (χ0) is 14.3. The minimum Gasteiger partial charge on any atom is -0.361 e. The van der Waals surface area contributed by atoms with Gasteiger partial charge in [0.05, 0.1) is 4.47 Å². The normalized spacial score (nSPS) is 9.11. The molecule has 19 heavy (non-hydrogen) atoms. The predicted molar refractivity (Wildman–Crippen MR) is 70.8 cm³/mol. The zero-order valence-electron chi connectivity index (χ0n) is 10.5. The largest absolute Gasteiger partial charge is 0.361 e. The molecular formula is C12H11BrN4O2. The van der Waals surface area contributed by atoms with Gasteiger partial charge in [-0.15, -0.1) is 0 Å². The summed E-state index contributed by atoms with van der Waals surface area (Å²) in [6.07, 6.45) is 0. The van der Waals surface area contributed by atoms with E-state index in [1.807, 2.05) is 0 Å². The predicted octanol–water partition coefficient (Wildman–Crippen LogP) is 3.57. The van der Waals surface area contributed by atoms with Gasteiger partial charge in [-0.1, -0.05) is 10.3 Å². The molecule has 6 nitrogen and oxygen atoms in total. The minimum absolute atomic E-state index is 0.276. The van der Waals surface area contributed by atoms with Crippen LogP contribution in [0, 0.1) is 27.0 Å².